The van der Waals surface area contributed by atoms with Gasteiger partial charge in [0.2, 0.25) is 0 Å². The molecule has 16 heavy (non-hydrogen) atoms. The Kier molecular flexibility index (Phi) is 4.15. The van der Waals surface area contributed by atoms with Crippen LogP contribution in [0, 0.1) is 0 Å². The van der Waals surface area contributed by atoms with Crippen molar-refractivity contribution in [2.45, 2.75) is 31.4 Å². The fraction of sp³-hybridized carbons (Fsp3) is 0.909. The highest BCUT2D eigenvalue weighted by atomic mass is 16.5. The quantitative estimate of drug-likeness (QED) is 0.704. The third-order valence-corrected chi connectivity index (χ3v) is 3.25. The molecule has 0 aliphatic carbocycles. The minimum Gasteiger partial charge on any atom is -0.481 e. The van der Waals surface area contributed by atoms with E-state index in [4.69, 9.17) is 9.84 Å². The lowest BCUT2D eigenvalue weighted by molar-refractivity contribution is -0.137. The van der Waals surface area contributed by atoms with E-state index in [1.807, 2.05) is 0 Å². The number of hydrogen-bond acceptors (Lipinski definition) is 4. The van der Waals surface area contributed by atoms with E-state index in [0.29, 0.717) is 6.10 Å². The molecule has 2 atom stereocenters. The Morgan fingerprint density at radius 2 is 2.44 bits per heavy atom. The predicted molar refractivity (Wildman–Crippen MR) is 59.5 cm³/mol. The molecule has 2 aliphatic rings. The van der Waals surface area contributed by atoms with Crippen LogP contribution in [0.5, 0.6) is 0 Å². The van der Waals surface area contributed by atoms with E-state index < -0.39 is 5.97 Å². The number of carboxylic acid groups (broad SMARTS) is 1. The van der Waals surface area contributed by atoms with Crippen molar-refractivity contribution in [2.24, 2.45) is 0 Å². The van der Waals surface area contributed by atoms with Crippen LogP contribution in [0.2, 0.25) is 0 Å². The summed E-state index contributed by atoms with van der Waals surface area (Å²) in [6.45, 7) is 4.54. The van der Waals surface area contributed by atoms with E-state index in [1.165, 1.54) is 0 Å². The van der Waals surface area contributed by atoms with Crippen molar-refractivity contribution in [1.29, 1.82) is 0 Å². The van der Waals surface area contributed by atoms with Gasteiger partial charge in [-0.3, -0.25) is 9.69 Å². The Morgan fingerprint density at radius 1 is 1.56 bits per heavy atom. The molecule has 92 valence electrons. The van der Waals surface area contributed by atoms with Crippen molar-refractivity contribution in [3.8, 4) is 0 Å². The molecule has 0 aromatic heterocycles. The highest BCUT2D eigenvalue weighted by Gasteiger charge is 2.25. The lowest BCUT2D eigenvalue weighted by Crippen LogP contribution is -2.52. The van der Waals surface area contributed by atoms with Crippen molar-refractivity contribution < 1.29 is 14.6 Å². The normalized spacial score (nSPS) is 31.8. The van der Waals surface area contributed by atoms with Gasteiger partial charge in [-0.25, -0.2) is 0 Å². The molecule has 2 N–H and O–H groups in total. The Hall–Kier alpha value is -0.650. The largest absolute Gasteiger partial charge is 0.481 e. The average Bonchev–Trinajstić information content (AvgIpc) is 2.70. The number of rotatable bonds is 4. The van der Waals surface area contributed by atoms with Crippen LogP contribution in [0.15, 0.2) is 0 Å². The summed E-state index contributed by atoms with van der Waals surface area (Å²) < 4.78 is 5.59. The summed E-state index contributed by atoms with van der Waals surface area (Å²) in [5.74, 6) is -0.725. The van der Waals surface area contributed by atoms with Gasteiger partial charge in [0, 0.05) is 38.8 Å². The van der Waals surface area contributed by atoms with Crippen LogP contribution in [0.1, 0.15) is 19.3 Å². The van der Waals surface area contributed by atoms with Crippen molar-refractivity contribution >= 4 is 5.97 Å². The van der Waals surface area contributed by atoms with Gasteiger partial charge in [0.15, 0.2) is 0 Å². The smallest absolute Gasteiger partial charge is 0.304 e. The maximum Gasteiger partial charge on any atom is 0.304 e. The molecule has 0 amide bonds. The molecule has 2 rings (SSSR count). The van der Waals surface area contributed by atoms with E-state index in [-0.39, 0.29) is 12.5 Å². The van der Waals surface area contributed by atoms with Crippen LogP contribution in [0.25, 0.3) is 0 Å². The lowest BCUT2D eigenvalue weighted by Gasteiger charge is -2.34. The van der Waals surface area contributed by atoms with Crippen LogP contribution >= 0.6 is 0 Å². The van der Waals surface area contributed by atoms with Crippen molar-refractivity contribution in [2.75, 3.05) is 32.8 Å². The van der Waals surface area contributed by atoms with Crippen LogP contribution in [0.3, 0.4) is 0 Å². The number of ether oxygens (including phenoxy) is 1. The summed E-state index contributed by atoms with van der Waals surface area (Å²) in [7, 11) is 0. The Morgan fingerprint density at radius 3 is 3.12 bits per heavy atom. The van der Waals surface area contributed by atoms with Gasteiger partial charge >= 0.3 is 5.97 Å². The minimum atomic E-state index is -0.725. The molecule has 2 saturated heterocycles. The third kappa shape index (κ3) is 3.43. The number of piperazine rings is 1. The fourth-order valence-corrected chi connectivity index (χ4v) is 2.48. The van der Waals surface area contributed by atoms with Crippen LogP contribution < -0.4 is 5.32 Å². The van der Waals surface area contributed by atoms with E-state index in [1.54, 1.807) is 0 Å². The zero-order chi connectivity index (χ0) is 11.4. The van der Waals surface area contributed by atoms with Gasteiger partial charge < -0.3 is 15.2 Å². The van der Waals surface area contributed by atoms with Gasteiger partial charge in [-0.05, 0) is 12.8 Å². The first-order chi connectivity index (χ1) is 7.74. The molecular formula is C11H20N2O3. The summed E-state index contributed by atoms with van der Waals surface area (Å²) in [6, 6.07) is 0.0904. The van der Waals surface area contributed by atoms with Gasteiger partial charge in [-0.15, -0.1) is 0 Å². The zero-order valence-electron chi connectivity index (χ0n) is 9.52. The predicted octanol–water partition coefficient (Wildman–Crippen LogP) is -0.0861. The molecule has 2 heterocycles. The number of nitrogens with zero attached hydrogens (tertiary/aromatic N) is 1. The lowest BCUT2D eigenvalue weighted by atomic mass is 10.1. The van der Waals surface area contributed by atoms with Gasteiger partial charge in [0.1, 0.15) is 0 Å². The Bertz CT molecular complexity index is 241. The monoisotopic (exact) mass is 228 g/mol. The highest BCUT2D eigenvalue weighted by Crippen LogP contribution is 2.14. The Balaban J connectivity index is 1.74. The summed E-state index contributed by atoms with van der Waals surface area (Å²) in [5, 5.41) is 12.0. The number of carbonyl (C=O) groups is 1. The first-order valence-electron chi connectivity index (χ1n) is 6.03. The average molecular weight is 228 g/mol. The van der Waals surface area contributed by atoms with E-state index in [2.05, 4.69) is 10.2 Å². The van der Waals surface area contributed by atoms with Gasteiger partial charge in [0.25, 0.3) is 0 Å². The van der Waals surface area contributed by atoms with E-state index in [9.17, 15) is 4.79 Å². The molecule has 0 aromatic carbocycles. The molecule has 2 fully saturated rings. The molecular weight excluding hydrogens is 208 g/mol. The van der Waals surface area contributed by atoms with Gasteiger partial charge in [-0.2, -0.15) is 0 Å². The molecule has 0 radical (unpaired) electrons. The van der Waals surface area contributed by atoms with E-state index >= 15 is 0 Å². The maximum atomic E-state index is 10.6. The van der Waals surface area contributed by atoms with Crippen molar-refractivity contribution in [1.82, 2.24) is 10.2 Å². The second-order valence-electron chi connectivity index (χ2n) is 4.64. The summed E-state index contributed by atoms with van der Waals surface area (Å²) in [4.78, 5) is 13.0. The molecule has 0 spiro atoms. The number of hydrogen-bond donors (Lipinski definition) is 2. The molecule has 0 bridgehead atoms. The van der Waals surface area contributed by atoms with Crippen molar-refractivity contribution in [3.05, 3.63) is 0 Å². The SMILES string of the molecule is O=C(O)CC1CN(CC2CCCO2)CCN1. The summed E-state index contributed by atoms with van der Waals surface area (Å²) in [5.41, 5.74) is 0. The minimum absolute atomic E-state index is 0.0904. The Labute approximate surface area is 95.8 Å². The van der Waals surface area contributed by atoms with Crippen LogP contribution in [0.4, 0.5) is 0 Å². The van der Waals surface area contributed by atoms with E-state index in [0.717, 1.165) is 45.6 Å². The first kappa shape index (κ1) is 11.8. The zero-order valence-corrected chi connectivity index (χ0v) is 9.52. The number of nitrogens with one attached hydrogen (secondary N) is 1. The molecule has 5 heteroatoms. The topological polar surface area (TPSA) is 61.8 Å². The molecule has 0 saturated carbocycles. The molecule has 2 unspecified atom stereocenters. The first-order valence-corrected chi connectivity index (χ1v) is 6.03. The number of aliphatic carboxylic acids is 1. The fourth-order valence-electron chi connectivity index (χ4n) is 2.48. The van der Waals surface area contributed by atoms with Crippen LogP contribution in [-0.4, -0.2) is 60.9 Å². The highest BCUT2D eigenvalue weighted by molar-refractivity contribution is 5.67. The standard InChI is InChI=1S/C11H20N2O3/c14-11(15)6-9-7-13(4-3-12-9)8-10-2-1-5-16-10/h9-10,12H,1-8H2,(H,14,15). The maximum absolute atomic E-state index is 10.6. The van der Waals surface area contributed by atoms with Crippen LogP contribution in [-0.2, 0) is 9.53 Å². The second-order valence-corrected chi connectivity index (χ2v) is 4.64. The molecule has 5 nitrogen and oxygen atoms in total. The molecule has 2 aliphatic heterocycles. The van der Waals surface area contributed by atoms with Gasteiger partial charge in [-0.1, -0.05) is 0 Å². The summed E-state index contributed by atoms with van der Waals surface area (Å²) >= 11 is 0. The summed E-state index contributed by atoms with van der Waals surface area (Å²) in [6.07, 6.45) is 2.88. The second kappa shape index (κ2) is 5.61. The number of carboxylic acids is 1. The van der Waals surface area contributed by atoms with Gasteiger partial charge in [0.05, 0.1) is 12.5 Å². The van der Waals surface area contributed by atoms with Crippen molar-refractivity contribution in [3.63, 3.8) is 0 Å². The molecule has 0 aromatic rings. The third-order valence-electron chi connectivity index (χ3n) is 3.25.